The molecule has 1 N–H and O–H groups in total. The summed E-state index contributed by atoms with van der Waals surface area (Å²) < 4.78 is 35.9. The number of hydrogen-bond acceptors (Lipinski definition) is 4. The topological polar surface area (TPSA) is 80.6 Å². The molecule has 0 spiro atoms. The van der Waals surface area contributed by atoms with Gasteiger partial charge in [-0.2, -0.15) is 4.31 Å². The molecule has 0 aliphatic heterocycles. The van der Waals surface area contributed by atoms with Crippen molar-refractivity contribution in [3.05, 3.63) is 102 Å². The minimum absolute atomic E-state index is 0.0171. The third kappa shape index (κ3) is 5.36. The molecule has 7 nitrogen and oxygen atoms in total. The number of nitrogens with zero attached hydrogens (tertiary/aromatic N) is 2. The normalized spacial score (nSPS) is 11.8. The van der Waals surface area contributed by atoms with Crippen molar-refractivity contribution in [2.45, 2.75) is 24.9 Å². The van der Waals surface area contributed by atoms with Crippen LogP contribution in [-0.2, 0) is 27.9 Å². The summed E-state index contributed by atoms with van der Waals surface area (Å²) in [4.78, 5) is 13.2. The van der Waals surface area contributed by atoms with E-state index < -0.39 is 15.9 Å². The number of ether oxygens (including phenoxy) is 1. The van der Waals surface area contributed by atoms with E-state index in [-0.39, 0.29) is 23.0 Å². The first-order valence-corrected chi connectivity index (χ1v) is 14.3. The zero-order valence-corrected chi connectivity index (χ0v) is 23.2. The first-order valence-electron chi connectivity index (χ1n) is 12.5. The SMILES string of the molecule is CCn1c2ccccc2c2cc(NC(=O)CN(Cc3ccccc3)S(=O)(=O)c3ccc(OC)c(Cl)c3)ccc21. The Bertz CT molecular complexity index is 1770. The molecule has 0 unspecified atom stereocenters. The number of rotatable bonds is 9. The number of aromatic nitrogens is 1. The summed E-state index contributed by atoms with van der Waals surface area (Å²) in [6.45, 7) is 2.55. The lowest BCUT2D eigenvalue weighted by Gasteiger charge is -2.22. The van der Waals surface area contributed by atoms with Gasteiger partial charge < -0.3 is 14.6 Å². The van der Waals surface area contributed by atoms with Crippen LogP contribution in [-0.4, -0.2) is 36.9 Å². The summed E-state index contributed by atoms with van der Waals surface area (Å²) in [5, 5.41) is 5.18. The molecular formula is C30H28ClN3O4S. The molecule has 0 aliphatic rings. The van der Waals surface area contributed by atoms with Gasteiger partial charge in [-0.05, 0) is 55.0 Å². The minimum atomic E-state index is -4.07. The van der Waals surface area contributed by atoms with Crippen LogP contribution in [0.5, 0.6) is 5.75 Å². The second-order valence-corrected chi connectivity index (χ2v) is 11.4. The molecule has 1 heterocycles. The van der Waals surface area contributed by atoms with Crippen LogP contribution in [0.2, 0.25) is 5.02 Å². The lowest BCUT2D eigenvalue weighted by atomic mass is 10.1. The van der Waals surface area contributed by atoms with Crippen molar-refractivity contribution in [1.29, 1.82) is 0 Å². The van der Waals surface area contributed by atoms with E-state index in [0.29, 0.717) is 11.4 Å². The highest BCUT2D eigenvalue weighted by Gasteiger charge is 2.28. The molecule has 9 heteroatoms. The van der Waals surface area contributed by atoms with E-state index in [1.165, 1.54) is 25.3 Å². The standard InChI is InChI=1S/C30H28ClN3O4S/c1-3-34-27-12-8-7-11-24(27)25-17-22(13-15-28(25)34)32-30(35)20-33(19-21-9-5-4-6-10-21)39(36,37)23-14-16-29(38-2)26(31)18-23/h4-18H,3,19-20H2,1-2H3,(H,32,35). The van der Waals surface area contributed by atoms with Crippen molar-refractivity contribution in [2.75, 3.05) is 19.0 Å². The van der Waals surface area contributed by atoms with Crippen LogP contribution >= 0.6 is 11.6 Å². The van der Waals surface area contributed by atoms with E-state index in [4.69, 9.17) is 16.3 Å². The Balaban J connectivity index is 1.45. The van der Waals surface area contributed by atoms with Crippen molar-refractivity contribution in [1.82, 2.24) is 8.87 Å². The van der Waals surface area contributed by atoms with Crippen molar-refractivity contribution in [2.24, 2.45) is 0 Å². The van der Waals surface area contributed by atoms with Gasteiger partial charge in [0.15, 0.2) is 0 Å². The summed E-state index contributed by atoms with van der Waals surface area (Å²) in [6, 6.07) is 27.3. The third-order valence-electron chi connectivity index (χ3n) is 6.66. The number of nitrogens with one attached hydrogen (secondary N) is 1. The second kappa shape index (κ2) is 11.1. The number of amides is 1. The van der Waals surface area contributed by atoms with Gasteiger partial charge in [0.1, 0.15) is 5.75 Å². The number of benzene rings is 4. The van der Waals surface area contributed by atoms with Gasteiger partial charge in [-0.1, -0.05) is 60.1 Å². The number of fused-ring (bicyclic) bond motifs is 3. The Morgan fingerprint density at radius 1 is 0.923 bits per heavy atom. The minimum Gasteiger partial charge on any atom is -0.495 e. The van der Waals surface area contributed by atoms with E-state index in [2.05, 4.69) is 28.9 Å². The number of carbonyl (C=O) groups is 1. The van der Waals surface area contributed by atoms with Crippen LogP contribution in [0, 0.1) is 0 Å². The fraction of sp³-hybridized carbons (Fsp3) is 0.167. The molecule has 5 rings (SSSR count). The van der Waals surface area contributed by atoms with Gasteiger partial charge in [0.25, 0.3) is 0 Å². The molecule has 0 aliphatic carbocycles. The van der Waals surface area contributed by atoms with Crippen molar-refractivity contribution >= 4 is 55.0 Å². The number of anilines is 1. The van der Waals surface area contributed by atoms with Crippen LogP contribution < -0.4 is 10.1 Å². The predicted molar refractivity (Wildman–Crippen MR) is 156 cm³/mol. The monoisotopic (exact) mass is 561 g/mol. The summed E-state index contributed by atoms with van der Waals surface area (Å²) in [6.07, 6.45) is 0. The maximum Gasteiger partial charge on any atom is 0.243 e. The van der Waals surface area contributed by atoms with Crippen molar-refractivity contribution < 1.29 is 17.9 Å². The first kappa shape index (κ1) is 26.7. The van der Waals surface area contributed by atoms with E-state index in [1.807, 2.05) is 60.7 Å². The lowest BCUT2D eigenvalue weighted by Crippen LogP contribution is -2.37. The molecule has 0 saturated heterocycles. The van der Waals surface area contributed by atoms with E-state index in [0.717, 1.165) is 38.2 Å². The molecule has 1 aromatic heterocycles. The molecule has 4 aromatic carbocycles. The highest BCUT2D eigenvalue weighted by atomic mass is 35.5. The Morgan fingerprint density at radius 3 is 2.36 bits per heavy atom. The first-order chi connectivity index (χ1) is 18.8. The fourth-order valence-electron chi connectivity index (χ4n) is 4.80. The van der Waals surface area contributed by atoms with Crippen LogP contribution in [0.3, 0.4) is 0 Å². The average molecular weight is 562 g/mol. The predicted octanol–water partition coefficient (Wildman–Crippen LogP) is 6.31. The van der Waals surface area contributed by atoms with Gasteiger partial charge in [0.2, 0.25) is 15.9 Å². The Labute approximate surface area is 232 Å². The zero-order chi connectivity index (χ0) is 27.6. The van der Waals surface area contributed by atoms with Crippen molar-refractivity contribution in [3.63, 3.8) is 0 Å². The smallest absolute Gasteiger partial charge is 0.243 e. The van der Waals surface area contributed by atoms with Crippen LogP contribution in [0.25, 0.3) is 21.8 Å². The van der Waals surface area contributed by atoms with Crippen LogP contribution in [0.1, 0.15) is 12.5 Å². The van der Waals surface area contributed by atoms with E-state index in [9.17, 15) is 13.2 Å². The summed E-state index contributed by atoms with van der Waals surface area (Å²) in [5.41, 5.74) is 3.54. The molecule has 0 fully saturated rings. The molecule has 0 bridgehead atoms. The molecule has 200 valence electrons. The van der Waals surface area contributed by atoms with E-state index in [1.54, 1.807) is 0 Å². The second-order valence-electron chi connectivity index (χ2n) is 9.10. The highest BCUT2D eigenvalue weighted by molar-refractivity contribution is 7.89. The molecule has 39 heavy (non-hydrogen) atoms. The molecular weight excluding hydrogens is 534 g/mol. The van der Waals surface area contributed by atoms with Gasteiger partial charge in [0, 0.05) is 40.6 Å². The average Bonchev–Trinajstić information content (AvgIpc) is 3.26. The summed E-state index contributed by atoms with van der Waals surface area (Å²) in [5.74, 6) is -0.0875. The number of methoxy groups -OCH3 is 1. The van der Waals surface area contributed by atoms with Crippen LogP contribution in [0.15, 0.2) is 95.9 Å². The number of sulfonamides is 1. The van der Waals surface area contributed by atoms with Gasteiger partial charge in [-0.15, -0.1) is 0 Å². The number of halogens is 1. The number of carbonyl (C=O) groups excluding carboxylic acids is 1. The van der Waals surface area contributed by atoms with E-state index >= 15 is 0 Å². The summed E-state index contributed by atoms with van der Waals surface area (Å²) in [7, 11) is -2.61. The number of para-hydroxylation sites is 1. The molecule has 5 aromatic rings. The zero-order valence-electron chi connectivity index (χ0n) is 21.6. The molecule has 0 atom stereocenters. The molecule has 0 saturated carbocycles. The highest BCUT2D eigenvalue weighted by Crippen LogP contribution is 2.32. The Kier molecular flexibility index (Phi) is 7.61. The van der Waals surface area contributed by atoms with Gasteiger partial charge in [-0.25, -0.2) is 8.42 Å². The Hall–Kier alpha value is -3.85. The van der Waals surface area contributed by atoms with Gasteiger partial charge in [-0.3, -0.25) is 4.79 Å². The number of hydrogen-bond donors (Lipinski definition) is 1. The number of aryl methyl sites for hydroxylation is 1. The third-order valence-corrected chi connectivity index (χ3v) is 8.74. The summed E-state index contributed by atoms with van der Waals surface area (Å²) >= 11 is 6.23. The maximum absolute atomic E-state index is 13.7. The van der Waals surface area contributed by atoms with Gasteiger partial charge >= 0.3 is 0 Å². The fourth-order valence-corrected chi connectivity index (χ4v) is 6.54. The molecule has 0 radical (unpaired) electrons. The Morgan fingerprint density at radius 2 is 1.64 bits per heavy atom. The molecule has 1 amide bonds. The van der Waals surface area contributed by atoms with Crippen LogP contribution in [0.4, 0.5) is 5.69 Å². The quantitative estimate of drug-likeness (QED) is 0.229. The lowest BCUT2D eigenvalue weighted by molar-refractivity contribution is -0.116. The van der Waals surface area contributed by atoms with Crippen molar-refractivity contribution in [3.8, 4) is 5.75 Å². The maximum atomic E-state index is 13.7. The largest absolute Gasteiger partial charge is 0.495 e. The van der Waals surface area contributed by atoms with Gasteiger partial charge in [0.05, 0.1) is 23.6 Å².